The SMILES string of the molecule is CC(C)(CC(=O)OC(C)(C)C[Si](C)(C)C(C)(C)C)OC=O. The number of esters is 1. The van der Waals surface area contributed by atoms with Gasteiger partial charge in [0.25, 0.3) is 6.47 Å². The maximum absolute atomic E-state index is 12.1. The Morgan fingerprint density at radius 1 is 1.00 bits per heavy atom. The van der Waals surface area contributed by atoms with Gasteiger partial charge in [-0.1, -0.05) is 33.9 Å². The Morgan fingerprint density at radius 3 is 1.86 bits per heavy atom. The molecule has 21 heavy (non-hydrogen) atoms. The van der Waals surface area contributed by atoms with E-state index in [4.69, 9.17) is 9.47 Å². The van der Waals surface area contributed by atoms with Gasteiger partial charge in [0.1, 0.15) is 11.2 Å². The minimum atomic E-state index is -1.55. The van der Waals surface area contributed by atoms with Crippen LogP contribution in [0.25, 0.3) is 0 Å². The molecule has 0 aromatic heterocycles. The number of rotatable bonds is 7. The fourth-order valence-corrected chi connectivity index (χ4v) is 4.96. The molecule has 0 radical (unpaired) electrons. The smallest absolute Gasteiger partial charge is 0.310 e. The van der Waals surface area contributed by atoms with Crippen molar-refractivity contribution in [1.82, 2.24) is 0 Å². The van der Waals surface area contributed by atoms with Crippen molar-refractivity contribution in [1.29, 1.82) is 0 Å². The molecule has 0 aliphatic heterocycles. The Labute approximate surface area is 130 Å². The third-order valence-corrected chi connectivity index (χ3v) is 10.0. The molecule has 0 rings (SSSR count). The highest BCUT2D eigenvalue weighted by molar-refractivity contribution is 6.80. The van der Waals surface area contributed by atoms with Crippen LogP contribution in [0, 0.1) is 0 Å². The molecule has 124 valence electrons. The minimum Gasteiger partial charge on any atom is -0.461 e. The van der Waals surface area contributed by atoms with Crippen LogP contribution in [0.3, 0.4) is 0 Å². The van der Waals surface area contributed by atoms with E-state index in [0.29, 0.717) is 6.47 Å². The van der Waals surface area contributed by atoms with E-state index in [9.17, 15) is 9.59 Å². The minimum absolute atomic E-state index is 0.0622. The summed E-state index contributed by atoms with van der Waals surface area (Å²) in [5.74, 6) is -0.328. The van der Waals surface area contributed by atoms with E-state index >= 15 is 0 Å². The van der Waals surface area contributed by atoms with Crippen LogP contribution in [0.5, 0.6) is 0 Å². The lowest BCUT2D eigenvalue weighted by molar-refractivity contribution is -0.162. The summed E-state index contributed by atoms with van der Waals surface area (Å²) < 4.78 is 10.5. The van der Waals surface area contributed by atoms with Gasteiger partial charge in [-0.2, -0.15) is 0 Å². The summed E-state index contributed by atoms with van der Waals surface area (Å²) >= 11 is 0. The maximum atomic E-state index is 12.1. The van der Waals surface area contributed by atoms with E-state index in [1.165, 1.54) is 0 Å². The summed E-state index contributed by atoms with van der Waals surface area (Å²) in [5.41, 5.74) is -1.33. The summed E-state index contributed by atoms with van der Waals surface area (Å²) in [6, 6.07) is 0.893. The second-order valence-corrected chi connectivity index (χ2v) is 14.3. The number of hydrogen-bond donors (Lipinski definition) is 0. The predicted molar refractivity (Wildman–Crippen MR) is 88.0 cm³/mol. The third-order valence-electron chi connectivity index (χ3n) is 4.23. The average molecular weight is 317 g/mol. The Balaban J connectivity index is 4.75. The van der Waals surface area contributed by atoms with E-state index in [1.54, 1.807) is 13.8 Å². The van der Waals surface area contributed by atoms with Gasteiger partial charge in [-0.05, 0) is 38.8 Å². The zero-order valence-corrected chi connectivity index (χ0v) is 16.1. The molecular formula is C16H32O4Si. The van der Waals surface area contributed by atoms with Crippen LogP contribution in [-0.4, -0.2) is 31.7 Å². The van der Waals surface area contributed by atoms with E-state index in [0.717, 1.165) is 6.04 Å². The van der Waals surface area contributed by atoms with Crippen molar-refractivity contribution < 1.29 is 19.1 Å². The third kappa shape index (κ3) is 7.11. The Bertz CT molecular complexity index is 378. The van der Waals surface area contributed by atoms with E-state index in [-0.39, 0.29) is 17.4 Å². The molecule has 0 aliphatic rings. The second-order valence-electron chi connectivity index (χ2n) is 8.69. The standard InChI is InChI=1S/C16H32O4Si/c1-14(2,3)21(8,9)11-16(6,7)20-13(18)10-15(4,5)19-12-17/h12H,10-11H2,1-9H3. The monoisotopic (exact) mass is 316 g/mol. The Morgan fingerprint density at radius 2 is 1.48 bits per heavy atom. The van der Waals surface area contributed by atoms with Crippen molar-refractivity contribution in [3.05, 3.63) is 0 Å². The largest absolute Gasteiger partial charge is 0.461 e. The van der Waals surface area contributed by atoms with Gasteiger partial charge in [-0.25, -0.2) is 0 Å². The predicted octanol–water partition coefficient (Wildman–Crippen LogP) is 4.16. The van der Waals surface area contributed by atoms with Gasteiger partial charge < -0.3 is 9.47 Å². The topological polar surface area (TPSA) is 52.6 Å². The lowest BCUT2D eigenvalue weighted by Crippen LogP contribution is -2.45. The molecule has 0 amide bonds. The van der Waals surface area contributed by atoms with E-state index < -0.39 is 19.3 Å². The highest BCUT2D eigenvalue weighted by Gasteiger charge is 2.41. The molecule has 4 nitrogen and oxygen atoms in total. The summed E-state index contributed by atoms with van der Waals surface area (Å²) in [6.45, 7) is 19.1. The first-order valence-corrected chi connectivity index (χ1v) is 10.7. The van der Waals surface area contributed by atoms with Gasteiger partial charge in [-0.15, -0.1) is 0 Å². The first-order chi connectivity index (χ1) is 9.12. The number of hydrogen-bond acceptors (Lipinski definition) is 4. The van der Waals surface area contributed by atoms with Crippen molar-refractivity contribution in [2.24, 2.45) is 0 Å². The zero-order chi connectivity index (χ0) is 17.1. The maximum Gasteiger partial charge on any atom is 0.310 e. The van der Waals surface area contributed by atoms with Crippen LogP contribution in [0.15, 0.2) is 0 Å². The van der Waals surface area contributed by atoms with Gasteiger partial charge >= 0.3 is 5.97 Å². The lowest BCUT2D eigenvalue weighted by Gasteiger charge is -2.42. The van der Waals surface area contributed by atoms with Crippen LogP contribution in [0.4, 0.5) is 0 Å². The molecule has 0 heterocycles. The van der Waals surface area contributed by atoms with Gasteiger partial charge in [0.05, 0.1) is 14.5 Å². The molecule has 0 aliphatic carbocycles. The van der Waals surface area contributed by atoms with E-state index in [1.807, 2.05) is 13.8 Å². The normalized spacial score (nSPS) is 13.8. The summed E-state index contributed by atoms with van der Waals surface area (Å²) in [5, 5.41) is 0.247. The van der Waals surface area contributed by atoms with Gasteiger partial charge in [0.15, 0.2) is 0 Å². The average Bonchev–Trinajstić information content (AvgIpc) is 2.09. The lowest BCUT2D eigenvalue weighted by atomic mass is 10.1. The second kappa shape index (κ2) is 6.51. The summed E-state index contributed by atoms with van der Waals surface area (Å²) in [6.07, 6.45) is 0.0622. The Hall–Kier alpha value is -0.843. The van der Waals surface area contributed by atoms with Crippen molar-refractivity contribution >= 4 is 20.5 Å². The van der Waals surface area contributed by atoms with Crippen LogP contribution < -0.4 is 0 Å². The molecule has 0 spiro atoms. The molecule has 0 aromatic carbocycles. The molecule has 0 aromatic rings. The molecule has 0 saturated heterocycles. The molecule has 0 fully saturated rings. The number of carbonyl (C=O) groups excluding carboxylic acids is 2. The van der Waals surface area contributed by atoms with Crippen molar-refractivity contribution in [2.45, 2.75) is 90.3 Å². The summed E-state index contributed by atoms with van der Waals surface area (Å²) in [4.78, 5) is 22.5. The first-order valence-electron chi connectivity index (χ1n) is 7.45. The fraction of sp³-hybridized carbons (Fsp3) is 0.875. The van der Waals surface area contributed by atoms with Crippen molar-refractivity contribution in [3.63, 3.8) is 0 Å². The molecule has 0 unspecified atom stereocenters. The molecule has 0 saturated carbocycles. The van der Waals surface area contributed by atoms with Gasteiger partial charge in [-0.3, -0.25) is 9.59 Å². The summed E-state index contributed by atoms with van der Waals surface area (Å²) in [7, 11) is -1.55. The zero-order valence-electron chi connectivity index (χ0n) is 15.1. The van der Waals surface area contributed by atoms with Gasteiger partial charge in [0, 0.05) is 0 Å². The van der Waals surface area contributed by atoms with Crippen LogP contribution in [0.2, 0.25) is 24.2 Å². The molecule has 0 bridgehead atoms. The van der Waals surface area contributed by atoms with Crippen LogP contribution in [0.1, 0.15) is 54.9 Å². The van der Waals surface area contributed by atoms with Gasteiger partial charge in [0.2, 0.25) is 0 Å². The Kier molecular flexibility index (Phi) is 6.24. The highest BCUT2D eigenvalue weighted by atomic mass is 28.3. The molecule has 5 heteroatoms. The molecule has 0 N–H and O–H groups in total. The van der Waals surface area contributed by atoms with E-state index in [2.05, 4.69) is 33.9 Å². The number of ether oxygens (including phenoxy) is 2. The van der Waals surface area contributed by atoms with Crippen molar-refractivity contribution in [3.8, 4) is 0 Å². The van der Waals surface area contributed by atoms with Crippen molar-refractivity contribution in [2.75, 3.05) is 0 Å². The number of carbonyl (C=O) groups is 2. The van der Waals surface area contributed by atoms with Crippen LogP contribution >= 0.6 is 0 Å². The molecule has 0 atom stereocenters. The highest BCUT2D eigenvalue weighted by Crippen LogP contribution is 2.42. The van der Waals surface area contributed by atoms with Crippen LogP contribution in [-0.2, 0) is 19.1 Å². The molecular weight excluding hydrogens is 284 g/mol. The quantitative estimate of drug-likeness (QED) is 0.402. The fourth-order valence-electron chi connectivity index (χ4n) is 2.23. The first kappa shape index (κ1) is 20.2.